The highest BCUT2D eigenvalue weighted by Crippen LogP contribution is 2.21. The highest BCUT2D eigenvalue weighted by atomic mass is 127. The van der Waals surface area contributed by atoms with Gasteiger partial charge in [0.1, 0.15) is 0 Å². The second-order valence-corrected chi connectivity index (χ2v) is 6.54. The van der Waals surface area contributed by atoms with Crippen molar-refractivity contribution in [1.29, 1.82) is 0 Å². The van der Waals surface area contributed by atoms with Crippen LogP contribution < -0.4 is 20.9 Å². The summed E-state index contributed by atoms with van der Waals surface area (Å²) in [7, 11) is 0. The lowest BCUT2D eigenvalue weighted by Gasteiger charge is -2.16. The predicted octanol–water partition coefficient (Wildman–Crippen LogP) is 2.40. The summed E-state index contributed by atoms with van der Waals surface area (Å²) in [5, 5.41) is 9.23. The fourth-order valence-corrected chi connectivity index (χ4v) is 2.86. The first-order chi connectivity index (χ1) is 13.1. The van der Waals surface area contributed by atoms with E-state index in [1.807, 2.05) is 43.0 Å². The second kappa shape index (κ2) is 13.4. The zero-order valence-corrected chi connectivity index (χ0v) is 19.1. The molecule has 1 aromatic rings. The maximum Gasteiger partial charge on any atom is 0.227 e. The fraction of sp³-hybridized carbons (Fsp3) is 0.550. The quantitative estimate of drug-likeness (QED) is 0.276. The molecule has 28 heavy (non-hydrogen) atoms. The monoisotopic (exact) mass is 501 g/mol. The molecule has 2 rings (SSSR count). The van der Waals surface area contributed by atoms with Crippen molar-refractivity contribution in [2.24, 2.45) is 4.99 Å². The second-order valence-electron chi connectivity index (χ2n) is 6.54. The van der Waals surface area contributed by atoms with Gasteiger partial charge < -0.3 is 20.9 Å². The van der Waals surface area contributed by atoms with E-state index in [1.54, 1.807) is 0 Å². The minimum absolute atomic E-state index is 0. The van der Waals surface area contributed by atoms with Crippen molar-refractivity contribution in [3.05, 3.63) is 29.8 Å². The van der Waals surface area contributed by atoms with E-state index >= 15 is 0 Å². The van der Waals surface area contributed by atoms with Gasteiger partial charge in [-0.2, -0.15) is 0 Å². The lowest BCUT2D eigenvalue weighted by molar-refractivity contribution is -0.121. The summed E-state index contributed by atoms with van der Waals surface area (Å²) >= 11 is 0. The normalized spacial score (nSPS) is 13.9. The molecule has 1 aliphatic rings. The van der Waals surface area contributed by atoms with E-state index in [1.165, 1.54) is 0 Å². The summed E-state index contributed by atoms with van der Waals surface area (Å²) in [5.74, 6) is 0.939. The Kier molecular flexibility index (Phi) is 11.5. The molecule has 0 radical (unpaired) electrons. The summed E-state index contributed by atoms with van der Waals surface area (Å²) in [5.41, 5.74) is 2.02. The van der Waals surface area contributed by atoms with E-state index in [0.29, 0.717) is 38.4 Å². The molecular formula is C20H32IN5O2. The van der Waals surface area contributed by atoms with Gasteiger partial charge in [-0.15, -0.1) is 24.0 Å². The van der Waals surface area contributed by atoms with E-state index in [4.69, 9.17) is 0 Å². The predicted molar refractivity (Wildman–Crippen MR) is 124 cm³/mol. The number of carbonyl (C=O) groups excluding carboxylic acids is 2. The summed E-state index contributed by atoms with van der Waals surface area (Å²) in [6.45, 7) is 7.38. The van der Waals surface area contributed by atoms with Crippen LogP contribution in [-0.4, -0.2) is 44.0 Å². The zero-order chi connectivity index (χ0) is 19.5. The number of aliphatic imine (C=N–C) groups is 1. The molecule has 7 nitrogen and oxygen atoms in total. The summed E-state index contributed by atoms with van der Waals surface area (Å²) in [4.78, 5) is 29.9. The van der Waals surface area contributed by atoms with Crippen molar-refractivity contribution in [3.63, 3.8) is 0 Å². The Balaban J connectivity index is 0.00000392. The van der Waals surface area contributed by atoms with Gasteiger partial charge in [0.05, 0.1) is 6.54 Å². The fourth-order valence-electron chi connectivity index (χ4n) is 2.86. The van der Waals surface area contributed by atoms with E-state index in [9.17, 15) is 9.59 Å². The molecule has 1 aromatic carbocycles. The van der Waals surface area contributed by atoms with Crippen LogP contribution in [0.25, 0.3) is 0 Å². The largest absolute Gasteiger partial charge is 0.357 e. The van der Waals surface area contributed by atoms with Gasteiger partial charge >= 0.3 is 0 Å². The molecule has 1 saturated heterocycles. The minimum atomic E-state index is 0. The molecule has 156 valence electrons. The number of nitrogens with zero attached hydrogens (tertiary/aromatic N) is 2. The molecule has 0 unspecified atom stereocenters. The van der Waals surface area contributed by atoms with Crippen molar-refractivity contribution in [2.45, 2.75) is 46.1 Å². The Bertz CT molecular complexity index is 649. The molecule has 0 bridgehead atoms. The number of amides is 2. The van der Waals surface area contributed by atoms with E-state index < -0.39 is 0 Å². The number of anilines is 1. The Labute approximate surface area is 184 Å². The number of rotatable bonds is 9. The van der Waals surface area contributed by atoms with Gasteiger partial charge in [0, 0.05) is 44.7 Å². The van der Waals surface area contributed by atoms with Crippen LogP contribution in [0.2, 0.25) is 0 Å². The highest BCUT2D eigenvalue weighted by molar-refractivity contribution is 14.0. The summed E-state index contributed by atoms with van der Waals surface area (Å²) in [6, 6.07) is 7.97. The molecule has 1 heterocycles. The average molecular weight is 501 g/mol. The first-order valence-electron chi connectivity index (χ1n) is 9.82. The topological polar surface area (TPSA) is 85.8 Å². The minimum Gasteiger partial charge on any atom is -0.357 e. The SMILES string of the molecule is CCCNC(=O)CCNC(=NCc1ccc(N2CCCC2=O)cc1)NCC.I. The maximum absolute atomic E-state index is 11.8. The highest BCUT2D eigenvalue weighted by Gasteiger charge is 2.21. The Morgan fingerprint density at radius 2 is 1.86 bits per heavy atom. The molecule has 0 aromatic heterocycles. The van der Waals surface area contributed by atoms with Crippen LogP contribution in [0.15, 0.2) is 29.3 Å². The third-order valence-electron chi connectivity index (χ3n) is 4.30. The summed E-state index contributed by atoms with van der Waals surface area (Å²) in [6.07, 6.45) is 2.93. The number of guanidine groups is 1. The molecule has 3 N–H and O–H groups in total. The number of carbonyl (C=O) groups is 2. The first-order valence-corrected chi connectivity index (χ1v) is 9.82. The molecular weight excluding hydrogens is 469 g/mol. The van der Waals surface area contributed by atoms with E-state index in [2.05, 4.69) is 20.9 Å². The lowest BCUT2D eigenvalue weighted by Crippen LogP contribution is -2.39. The van der Waals surface area contributed by atoms with E-state index in [-0.39, 0.29) is 35.8 Å². The smallest absolute Gasteiger partial charge is 0.227 e. The number of nitrogens with one attached hydrogen (secondary N) is 3. The van der Waals surface area contributed by atoms with Gasteiger partial charge in [-0.1, -0.05) is 19.1 Å². The van der Waals surface area contributed by atoms with Crippen LogP contribution in [0.5, 0.6) is 0 Å². The maximum atomic E-state index is 11.8. The Morgan fingerprint density at radius 3 is 2.46 bits per heavy atom. The molecule has 0 spiro atoms. The van der Waals surface area contributed by atoms with Crippen molar-refractivity contribution in [2.75, 3.05) is 31.1 Å². The molecule has 1 aliphatic heterocycles. The average Bonchev–Trinajstić information content (AvgIpc) is 3.10. The van der Waals surface area contributed by atoms with Crippen molar-refractivity contribution >= 4 is 47.4 Å². The molecule has 2 amide bonds. The van der Waals surface area contributed by atoms with E-state index in [0.717, 1.165) is 37.2 Å². The Hall–Kier alpha value is -1.84. The van der Waals surface area contributed by atoms with Crippen LogP contribution in [0.1, 0.15) is 45.1 Å². The van der Waals surface area contributed by atoms with Crippen LogP contribution in [0.3, 0.4) is 0 Å². The standard InChI is InChI=1S/C20H31N5O2.HI/c1-3-12-22-18(26)11-13-23-20(21-4-2)24-15-16-7-9-17(10-8-16)25-14-5-6-19(25)27;/h7-10H,3-6,11-15H2,1-2H3,(H,22,26)(H2,21,23,24);1H. The number of halogens is 1. The van der Waals surface area contributed by atoms with Gasteiger partial charge in [-0.05, 0) is 37.5 Å². The van der Waals surface area contributed by atoms with Crippen LogP contribution >= 0.6 is 24.0 Å². The zero-order valence-electron chi connectivity index (χ0n) is 16.8. The molecule has 8 heteroatoms. The third kappa shape index (κ3) is 8.04. The van der Waals surface area contributed by atoms with Gasteiger partial charge in [0.15, 0.2) is 5.96 Å². The van der Waals surface area contributed by atoms with Gasteiger partial charge in [-0.25, -0.2) is 4.99 Å². The molecule has 0 atom stereocenters. The molecule has 0 saturated carbocycles. The lowest BCUT2D eigenvalue weighted by atomic mass is 10.2. The van der Waals surface area contributed by atoms with Crippen molar-refractivity contribution in [1.82, 2.24) is 16.0 Å². The molecule has 0 aliphatic carbocycles. The van der Waals surface area contributed by atoms with Gasteiger partial charge in [-0.3, -0.25) is 9.59 Å². The van der Waals surface area contributed by atoms with Crippen LogP contribution in [0.4, 0.5) is 5.69 Å². The third-order valence-corrected chi connectivity index (χ3v) is 4.30. The van der Waals surface area contributed by atoms with Crippen molar-refractivity contribution < 1.29 is 9.59 Å². The summed E-state index contributed by atoms with van der Waals surface area (Å²) < 4.78 is 0. The van der Waals surface area contributed by atoms with Crippen molar-refractivity contribution in [3.8, 4) is 0 Å². The molecule has 1 fully saturated rings. The number of hydrogen-bond acceptors (Lipinski definition) is 3. The van der Waals surface area contributed by atoms with Crippen LogP contribution in [-0.2, 0) is 16.1 Å². The van der Waals surface area contributed by atoms with Crippen LogP contribution in [0, 0.1) is 0 Å². The number of hydrogen-bond donors (Lipinski definition) is 3. The van der Waals surface area contributed by atoms with Gasteiger partial charge in [0.2, 0.25) is 11.8 Å². The Morgan fingerprint density at radius 1 is 1.11 bits per heavy atom. The number of benzene rings is 1. The first kappa shape index (κ1) is 24.2. The van der Waals surface area contributed by atoms with Gasteiger partial charge in [0.25, 0.3) is 0 Å².